The first-order valence-corrected chi connectivity index (χ1v) is 9.62. The predicted molar refractivity (Wildman–Crippen MR) is 86.4 cm³/mol. The van der Waals surface area contributed by atoms with Crippen molar-refractivity contribution in [3.8, 4) is 5.75 Å². The standard InChI is InChI=1S/C15H21N3O5S/c1-22-14-9-16-5-3-11(14)15(19)17-6-4-13-12(10-17)18(7-8-23-13)24(2,20)21/h3,5,9,12-13H,4,6-8,10H2,1-2H3/t12-,13-/m0/s1. The third kappa shape index (κ3) is 3.24. The third-order valence-electron chi connectivity index (χ3n) is 4.48. The Morgan fingerprint density at radius 2 is 2.21 bits per heavy atom. The van der Waals surface area contributed by atoms with Crippen LogP contribution in [0.1, 0.15) is 16.8 Å². The molecule has 2 aliphatic rings. The summed E-state index contributed by atoms with van der Waals surface area (Å²) in [6.07, 6.45) is 4.66. The second kappa shape index (κ2) is 6.66. The first-order valence-electron chi connectivity index (χ1n) is 7.77. The lowest BCUT2D eigenvalue weighted by Crippen LogP contribution is -2.61. The zero-order valence-electron chi connectivity index (χ0n) is 13.7. The van der Waals surface area contributed by atoms with E-state index in [1.54, 1.807) is 11.0 Å². The Morgan fingerprint density at radius 3 is 2.92 bits per heavy atom. The van der Waals surface area contributed by atoms with Crippen molar-refractivity contribution < 1.29 is 22.7 Å². The number of hydrogen-bond acceptors (Lipinski definition) is 6. The van der Waals surface area contributed by atoms with Gasteiger partial charge in [0.05, 0.1) is 43.9 Å². The van der Waals surface area contributed by atoms with Crippen molar-refractivity contribution in [2.75, 3.05) is 39.6 Å². The van der Waals surface area contributed by atoms with Gasteiger partial charge in [0.2, 0.25) is 10.0 Å². The SMILES string of the molecule is COc1cnccc1C(=O)N1CC[C@@H]2OCCN(S(C)(=O)=O)[C@H]2C1. The minimum Gasteiger partial charge on any atom is -0.494 e. The van der Waals surface area contributed by atoms with Crippen molar-refractivity contribution in [3.05, 3.63) is 24.0 Å². The number of aromatic nitrogens is 1. The number of carbonyl (C=O) groups excluding carboxylic acids is 1. The number of hydrogen-bond donors (Lipinski definition) is 0. The van der Waals surface area contributed by atoms with Gasteiger partial charge in [-0.15, -0.1) is 0 Å². The molecule has 0 aliphatic carbocycles. The Labute approximate surface area is 141 Å². The van der Waals surface area contributed by atoms with E-state index >= 15 is 0 Å². The highest BCUT2D eigenvalue weighted by atomic mass is 32.2. The fourth-order valence-electron chi connectivity index (χ4n) is 3.33. The Balaban J connectivity index is 1.82. The first-order chi connectivity index (χ1) is 11.4. The molecule has 1 aromatic rings. The van der Waals surface area contributed by atoms with E-state index in [0.29, 0.717) is 44.0 Å². The molecule has 9 heteroatoms. The van der Waals surface area contributed by atoms with Gasteiger partial charge < -0.3 is 14.4 Å². The number of nitrogens with zero attached hydrogens (tertiary/aromatic N) is 3. The van der Waals surface area contributed by atoms with Gasteiger partial charge >= 0.3 is 0 Å². The Hall–Kier alpha value is -1.71. The van der Waals surface area contributed by atoms with Crippen LogP contribution >= 0.6 is 0 Å². The summed E-state index contributed by atoms with van der Waals surface area (Å²) in [5.74, 6) is 0.219. The molecule has 2 saturated heterocycles. The molecule has 2 atom stereocenters. The van der Waals surface area contributed by atoms with Gasteiger partial charge in [0.15, 0.2) is 0 Å². The van der Waals surface area contributed by atoms with Gasteiger partial charge in [0, 0.05) is 25.8 Å². The van der Waals surface area contributed by atoms with E-state index in [2.05, 4.69) is 4.98 Å². The molecule has 0 aromatic carbocycles. The number of pyridine rings is 1. The minimum absolute atomic E-state index is 0.170. The second-order valence-corrected chi connectivity index (χ2v) is 7.90. The van der Waals surface area contributed by atoms with Crippen LogP contribution in [0.3, 0.4) is 0 Å². The van der Waals surface area contributed by atoms with Crippen LogP contribution in [-0.4, -0.2) is 80.3 Å². The minimum atomic E-state index is -3.34. The lowest BCUT2D eigenvalue weighted by atomic mass is 9.99. The molecule has 0 bridgehead atoms. The third-order valence-corrected chi connectivity index (χ3v) is 5.79. The summed E-state index contributed by atoms with van der Waals surface area (Å²) in [5.41, 5.74) is 0.425. The average Bonchev–Trinajstić information content (AvgIpc) is 2.59. The molecule has 3 heterocycles. The molecule has 24 heavy (non-hydrogen) atoms. The lowest BCUT2D eigenvalue weighted by Gasteiger charge is -2.45. The van der Waals surface area contributed by atoms with Gasteiger partial charge in [-0.3, -0.25) is 9.78 Å². The molecule has 0 spiro atoms. The molecule has 1 aromatic heterocycles. The highest BCUT2D eigenvalue weighted by Gasteiger charge is 2.42. The smallest absolute Gasteiger partial charge is 0.257 e. The number of rotatable bonds is 3. The predicted octanol–water partition coefficient (Wildman–Crippen LogP) is -0.0349. The molecule has 8 nitrogen and oxygen atoms in total. The summed E-state index contributed by atoms with van der Waals surface area (Å²) in [7, 11) is -1.86. The van der Waals surface area contributed by atoms with Crippen LogP contribution in [-0.2, 0) is 14.8 Å². The van der Waals surface area contributed by atoms with Gasteiger partial charge in [-0.05, 0) is 12.5 Å². The van der Waals surface area contributed by atoms with E-state index in [4.69, 9.17) is 9.47 Å². The summed E-state index contributed by atoms with van der Waals surface area (Å²) in [4.78, 5) is 18.4. The summed E-state index contributed by atoms with van der Waals surface area (Å²) in [5, 5.41) is 0. The Kier molecular flexibility index (Phi) is 4.75. The zero-order chi connectivity index (χ0) is 17.3. The summed E-state index contributed by atoms with van der Waals surface area (Å²) >= 11 is 0. The lowest BCUT2D eigenvalue weighted by molar-refractivity contribution is -0.0704. The molecular formula is C15H21N3O5S. The normalized spacial score (nSPS) is 25.2. The number of amides is 1. The summed E-state index contributed by atoms with van der Waals surface area (Å²) < 4.78 is 36.4. The number of methoxy groups -OCH3 is 1. The van der Waals surface area contributed by atoms with Gasteiger partial charge in [0.1, 0.15) is 5.75 Å². The van der Waals surface area contributed by atoms with Crippen LogP contribution in [0.15, 0.2) is 18.5 Å². The highest BCUT2D eigenvalue weighted by Crippen LogP contribution is 2.27. The number of morpholine rings is 1. The average molecular weight is 355 g/mol. The van der Waals surface area contributed by atoms with Gasteiger partial charge in [-0.2, -0.15) is 4.31 Å². The maximum Gasteiger partial charge on any atom is 0.257 e. The maximum atomic E-state index is 12.8. The largest absolute Gasteiger partial charge is 0.494 e. The topological polar surface area (TPSA) is 89.0 Å². The number of sulfonamides is 1. The van der Waals surface area contributed by atoms with Crippen molar-refractivity contribution in [2.45, 2.75) is 18.6 Å². The van der Waals surface area contributed by atoms with E-state index in [0.717, 1.165) is 0 Å². The van der Waals surface area contributed by atoms with Crippen LogP contribution in [0.25, 0.3) is 0 Å². The molecule has 0 saturated carbocycles. The van der Waals surface area contributed by atoms with Crippen molar-refractivity contribution >= 4 is 15.9 Å². The quantitative estimate of drug-likeness (QED) is 0.756. The molecule has 0 unspecified atom stereocenters. The second-order valence-electron chi connectivity index (χ2n) is 5.97. The Morgan fingerprint density at radius 1 is 1.42 bits per heavy atom. The van der Waals surface area contributed by atoms with Gasteiger partial charge in [-0.1, -0.05) is 0 Å². The number of carbonyl (C=O) groups is 1. The van der Waals surface area contributed by atoms with Crippen LogP contribution < -0.4 is 4.74 Å². The van der Waals surface area contributed by atoms with E-state index in [1.165, 1.54) is 30.1 Å². The fraction of sp³-hybridized carbons (Fsp3) is 0.600. The van der Waals surface area contributed by atoms with Gasteiger partial charge in [0.25, 0.3) is 5.91 Å². The van der Waals surface area contributed by atoms with E-state index in [9.17, 15) is 13.2 Å². The number of ether oxygens (including phenoxy) is 2. The van der Waals surface area contributed by atoms with Crippen LogP contribution in [0, 0.1) is 0 Å². The van der Waals surface area contributed by atoms with E-state index in [1.807, 2.05) is 0 Å². The van der Waals surface area contributed by atoms with Gasteiger partial charge in [-0.25, -0.2) is 8.42 Å². The number of piperidine rings is 1. The Bertz CT molecular complexity index is 724. The summed E-state index contributed by atoms with van der Waals surface area (Å²) in [6, 6.07) is 1.26. The van der Waals surface area contributed by atoms with Crippen molar-refractivity contribution in [1.82, 2.24) is 14.2 Å². The van der Waals surface area contributed by atoms with Crippen molar-refractivity contribution in [3.63, 3.8) is 0 Å². The molecule has 2 fully saturated rings. The first kappa shape index (κ1) is 17.1. The molecule has 132 valence electrons. The highest BCUT2D eigenvalue weighted by molar-refractivity contribution is 7.88. The number of fused-ring (bicyclic) bond motifs is 1. The maximum absolute atomic E-state index is 12.8. The van der Waals surface area contributed by atoms with Crippen LogP contribution in [0.4, 0.5) is 0 Å². The van der Waals surface area contributed by atoms with E-state index in [-0.39, 0.29) is 18.1 Å². The molecule has 1 amide bonds. The molecule has 0 radical (unpaired) electrons. The number of likely N-dealkylation sites (tertiary alicyclic amines) is 1. The van der Waals surface area contributed by atoms with E-state index < -0.39 is 10.0 Å². The van der Waals surface area contributed by atoms with Crippen molar-refractivity contribution in [2.24, 2.45) is 0 Å². The van der Waals surface area contributed by atoms with Crippen LogP contribution in [0.5, 0.6) is 5.75 Å². The molecule has 3 rings (SSSR count). The monoisotopic (exact) mass is 355 g/mol. The summed E-state index contributed by atoms with van der Waals surface area (Å²) in [6.45, 7) is 1.53. The zero-order valence-corrected chi connectivity index (χ0v) is 14.5. The molecular weight excluding hydrogens is 334 g/mol. The van der Waals surface area contributed by atoms with Crippen molar-refractivity contribution in [1.29, 1.82) is 0 Å². The fourth-order valence-corrected chi connectivity index (χ4v) is 4.43. The molecule has 0 N–H and O–H groups in total. The van der Waals surface area contributed by atoms with Crippen LogP contribution in [0.2, 0.25) is 0 Å². The molecule has 2 aliphatic heterocycles.